The Kier molecular flexibility index (Phi) is 5.93. The highest BCUT2D eigenvalue weighted by atomic mass is 32.2. The Morgan fingerprint density at radius 1 is 1.00 bits per heavy atom. The molecule has 0 unspecified atom stereocenters. The summed E-state index contributed by atoms with van der Waals surface area (Å²) in [4.78, 5) is 28.0. The van der Waals surface area contributed by atoms with Gasteiger partial charge in [-0.25, -0.2) is 9.78 Å². The van der Waals surface area contributed by atoms with Crippen molar-refractivity contribution in [3.63, 3.8) is 0 Å². The number of benzene rings is 2. The number of hydrogen-bond donors (Lipinski definition) is 2. The summed E-state index contributed by atoms with van der Waals surface area (Å²) >= 11 is 1.16. The van der Waals surface area contributed by atoms with Crippen LogP contribution in [0.2, 0.25) is 0 Å². The van der Waals surface area contributed by atoms with Crippen molar-refractivity contribution in [2.24, 2.45) is 0 Å². The number of oxazole rings is 1. The third-order valence-corrected chi connectivity index (χ3v) is 4.75. The third kappa shape index (κ3) is 4.57. The summed E-state index contributed by atoms with van der Waals surface area (Å²) in [5, 5.41) is 4.43. The Hall–Kier alpha value is -3.06. The van der Waals surface area contributed by atoms with E-state index in [0.29, 0.717) is 16.7 Å². The Morgan fingerprint density at radius 2 is 1.59 bits per heavy atom. The molecule has 6 nitrogen and oxygen atoms in total. The number of rotatable bonds is 5. The van der Waals surface area contributed by atoms with E-state index < -0.39 is 17.2 Å². The first-order valence-corrected chi connectivity index (χ1v) is 9.27. The first-order valence-electron chi connectivity index (χ1n) is 8.39. The predicted octanol–water partition coefficient (Wildman–Crippen LogP) is 3.94. The van der Waals surface area contributed by atoms with Gasteiger partial charge in [-0.2, -0.15) is 0 Å². The predicted molar refractivity (Wildman–Crippen MR) is 105 cm³/mol. The standard InChI is InChI=1S/C20H19N3O3S/c1-13(18(24)23-19(25)21-2)27-20-22-16(14-9-5-3-6-10-14)17(26-20)15-11-7-4-8-12-15/h3-13H,1-2H3,(H2,21,23,24,25)/t13-/m1/s1. The minimum atomic E-state index is -0.548. The van der Waals surface area contributed by atoms with Crippen LogP contribution in [-0.4, -0.2) is 29.2 Å². The maximum atomic E-state index is 12.1. The first-order chi connectivity index (χ1) is 13.1. The highest BCUT2D eigenvalue weighted by molar-refractivity contribution is 8.00. The summed E-state index contributed by atoms with van der Waals surface area (Å²) in [7, 11) is 1.45. The molecule has 2 N–H and O–H groups in total. The smallest absolute Gasteiger partial charge is 0.321 e. The third-order valence-electron chi connectivity index (χ3n) is 3.80. The number of imide groups is 1. The average Bonchev–Trinajstić information content (AvgIpc) is 3.13. The molecular formula is C20H19N3O3S. The second-order valence-corrected chi connectivity index (χ2v) is 7.01. The van der Waals surface area contributed by atoms with Gasteiger partial charge in [0, 0.05) is 18.2 Å². The van der Waals surface area contributed by atoms with Crippen molar-refractivity contribution in [2.45, 2.75) is 17.4 Å². The topological polar surface area (TPSA) is 84.2 Å². The zero-order valence-corrected chi connectivity index (χ0v) is 15.7. The minimum absolute atomic E-state index is 0.368. The lowest BCUT2D eigenvalue weighted by molar-refractivity contribution is -0.119. The van der Waals surface area contributed by atoms with Crippen molar-refractivity contribution in [1.29, 1.82) is 0 Å². The van der Waals surface area contributed by atoms with E-state index in [1.165, 1.54) is 7.05 Å². The highest BCUT2D eigenvalue weighted by Gasteiger charge is 2.22. The van der Waals surface area contributed by atoms with Gasteiger partial charge in [0.2, 0.25) is 5.91 Å². The van der Waals surface area contributed by atoms with Gasteiger partial charge in [0.1, 0.15) is 5.69 Å². The van der Waals surface area contributed by atoms with Gasteiger partial charge in [0.15, 0.2) is 5.76 Å². The maximum Gasteiger partial charge on any atom is 0.321 e. The largest absolute Gasteiger partial charge is 0.431 e. The molecule has 0 aliphatic carbocycles. The van der Waals surface area contributed by atoms with Crippen molar-refractivity contribution in [1.82, 2.24) is 15.6 Å². The van der Waals surface area contributed by atoms with Crippen molar-refractivity contribution in [3.8, 4) is 22.6 Å². The molecule has 1 heterocycles. The number of amides is 3. The molecule has 0 bridgehead atoms. The van der Waals surface area contributed by atoms with Crippen LogP contribution in [0.15, 0.2) is 70.3 Å². The lowest BCUT2D eigenvalue weighted by Crippen LogP contribution is -2.41. The quantitative estimate of drug-likeness (QED) is 0.654. The fourth-order valence-corrected chi connectivity index (χ4v) is 3.15. The van der Waals surface area contributed by atoms with Gasteiger partial charge < -0.3 is 9.73 Å². The summed E-state index contributed by atoms with van der Waals surface area (Å²) in [6, 6.07) is 18.9. The zero-order chi connectivity index (χ0) is 19.2. The molecule has 0 radical (unpaired) electrons. The Labute approximate surface area is 161 Å². The van der Waals surface area contributed by atoms with E-state index in [2.05, 4.69) is 15.6 Å². The number of carbonyl (C=O) groups is 2. The number of nitrogens with one attached hydrogen (secondary N) is 2. The molecule has 0 aliphatic rings. The first kappa shape index (κ1) is 18.7. The Balaban J connectivity index is 1.90. The number of nitrogens with zero attached hydrogens (tertiary/aromatic N) is 1. The zero-order valence-electron chi connectivity index (χ0n) is 14.9. The molecule has 0 saturated heterocycles. The van der Waals surface area contributed by atoms with Crippen LogP contribution in [0.3, 0.4) is 0 Å². The van der Waals surface area contributed by atoms with Crippen LogP contribution < -0.4 is 10.6 Å². The van der Waals surface area contributed by atoms with Gasteiger partial charge in [0.25, 0.3) is 5.22 Å². The number of thioether (sulfide) groups is 1. The Morgan fingerprint density at radius 3 is 2.19 bits per heavy atom. The van der Waals surface area contributed by atoms with E-state index in [1.807, 2.05) is 60.7 Å². The Bertz CT molecular complexity index is 869. The molecule has 3 aromatic rings. The van der Waals surface area contributed by atoms with Gasteiger partial charge in [-0.1, -0.05) is 72.4 Å². The normalized spacial score (nSPS) is 11.6. The molecule has 3 amide bonds. The van der Waals surface area contributed by atoms with E-state index >= 15 is 0 Å². The molecular weight excluding hydrogens is 362 g/mol. The highest BCUT2D eigenvalue weighted by Crippen LogP contribution is 2.36. The fraction of sp³-hybridized carbons (Fsp3) is 0.150. The van der Waals surface area contributed by atoms with Crippen LogP contribution in [0.25, 0.3) is 22.6 Å². The molecule has 27 heavy (non-hydrogen) atoms. The van der Waals surface area contributed by atoms with E-state index in [9.17, 15) is 9.59 Å². The van der Waals surface area contributed by atoms with Gasteiger partial charge in [-0.05, 0) is 6.92 Å². The molecule has 2 aromatic carbocycles. The molecule has 3 rings (SSSR count). The number of carbonyl (C=O) groups excluding carboxylic acids is 2. The second kappa shape index (κ2) is 8.55. The van der Waals surface area contributed by atoms with Crippen molar-refractivity contribution in [2.75, 3.05) is 7.05 Å². The summed E-state index contributed by atoms with van der Waals surface area (Å²) in [5.41, 5.74) is 2.54. The lowest BCUT2D eigenvalue weighted by Gasteiger charge is -2.08. The number of urea groups is 1. The molecule has 138 valence electrons. The summed E-state index contributed by atoms with van der Waals surface area (Å²) in [6.07, 6.45) is 0. The molecule has 0 fully saturated rings. The monoisotopic (exact) mass is 381 g/mol. The SMILES string of the molecule is CNC(=O)NC(=O)[C@@H](C)Sc1nc(-c2ccccc2)c(-c2ccccc2)o1. The molecule has 0 saturated carbocycles. The molecule has 0 spiro atoms. The second-order valence-electron chi connectivity index (χ2n) is 5.72. The summed E-state index contributed by atoms with van der Waals surface area (Å²) in [6.45, 7) is 1.69. The molecule has 0 aliphatic heterocycles. The van der Waals surface area contributed by atoms with Crippen LogP contribution in [0, 0.1) is 0 Å². The van der Waals surface area contributed by atoms with Gasteiger partial charge >= 0.3 is 6.03 Å². The van der Waals surface area contributed by atoms with Crippen LogP contribution >= 0.6 is 11.8 Å². The molecule has 1 aromatic heterocycles. The van der Waals surface area contributed by atoms with Crippen LogP contribution in [0.5, 0.6) is 0 Å². The number of aromatic nitrogens is 1. The van der Waals surface area contributed by atoms with Gasteiger partial charge in [0.05, 0.1) is 5.25 Å². The molecule has 7 heteroatoms. The van der Waals surface area contributed by atoms with E-state index in [-0.39, 0.29) is 0 Å². The van der Waals surface area contributed by atoms with Crippen LogP contribution in [0.4, 0.5) is 4.79 Å². The fourth-order valence-electron chi connectivity index (χ4n) is 2.41. The van der Waals surface area contributed by atoms with E-state index in [0.717, 1.165) is 22.9 Å². The van der Waals surface area contributed by atoms with E-state index in [1.54, 1.807) is 6.92 Å². The lowest BCUT2D eigenvalue weighted by atomic mass is 10.1. The van der Waals surface area contributed by atoms with Crippen molar-refractivity contribution in [3.05, 3.63) is 60.7 Å². The van der Waals surface area contributed by atoms with E-state index in [4.69, 9.17) is 4.42 Å². The van der Waals surface area contributed by atoms with Crippen molar-refractivity contribution < 1.29 is 14.0 Å². The molecule has 1 atom stereocenters. The van der Waals surface area contributed by atoms with Crippen LogP contribution in [-0.2, 0) is 4.79 Å². The number of hydrogen-bond acceptors (Lipinski definition) is 5. The average molecular weight is 381 g/mol. The maximum absolute atomic E-state index is 12.1. The minimum Gasteiger partial charge on any atom is -0.431 e. The van der Waals surface area contributed by atoms with Gasteiger partial charge in [-0.15, -0.1) is 0 Å². The van der Waals surface area contributed by atoms with Gasteiger partial charge in [-0.3, -0.25) is 10.1 Å². The summed E-state index contributed by atoms with van der Waals surface area (Å²) < 4.78 is 5.98. The van der Waals surface area contributed by atoms with Crippen LogP contribution in [0.1, 0.15) is 6.92 Å². The summed E-state index contributed by atoms with van der Waals surface area (Å²) in [5.74, 6) is 0.225. The van der Waals surface area contributed by atoms with Crippen molar-refractivity contribution >= 4 is 23.7 Å².